The largest absolute Gasteiger partial charge is 0.489 e. The van der Waals surface area contributed by atoms with Gasteiger partial charge in [0.25, 0.3) is 0 Å². The summed E-state index contributed by atoms with van der Waals surface area (Å²) in [5.74, 6) is 0.768. The second kappa shape index (κ2) is 19.7. The molecule has 234 valence electrons. The highest BCUT2D eigenvalue weighted by atomic mass is 16.5. The van der Waals surface area contributed by atoms with Gasteiger partial charge in [-0.25, -0.2) is 0 Å². The number of aliphatic hydroxyl groups is 1. The topological polar surface area (TPSA) is 68.0 Å². The SMILES string of the molecule is NCc1cc(C(O)CN(CCCCCCOCCCCc2ccccc2)Cc2ccccc2)ccc1OCc1ccccc1. The van der Waals surface area contributed by atoms with Crippen LogP contribution in [-0.2, 0) is 30.9 Å². The number of benzene rings is 4. The van der Waals surface area contributed by atoms with E-state index >= 15 is 0 Å². The maximum Gasteiger partial charge on any atom is 0.124 e. The number of ether oxygens (including phenoxy) is 2. The smallest absolute Gasteiger partial charge is 0.124 e. The molecule has 0 bridgehead atoms. The fourth-order valence-corrected chi connectivity index (χ4v) is 5.44. The van der Waals surface area contributed by atoms with E-state index < -0.39 is 6.10 Å². The molecule has 0 radical (unpaired) electrons. The van der Waals surface area contributed by atoms with Crippen molar-refractivity contribution < 1.29 is 14.6 Å². The van der Waals surface area contributed by atoms with E-state index in [2.05, 4.69) is 59.5 Å². The van der Waals surface area contributed by atoms with Crippen molar-refractivity contribution in [3.8, 4) is 5.75 Å². The second-order valence-electron chi connectivity index (χ2n) is 11.6. The molecule has 1 atom stereocenters. The van der Waals surface area contributed by atoms with Gasteiger partial charge in [0.05, 0.1) is 6.10 Å². The van der Waals surface area contributed by atoms with E-state index in [0.29, 0.717) is 19.7 Å². The van der Waals surface area contributed by atoms with Gasteiger partial charge in [0.1, 0.15) is 12.4 Å². The molecule has 0 fully saturated rings. The zero-order valence-electron chi connectivity index (χ0n) is 26.2. The molecule has 0 spiro atoms. The van der Waals surface area contributed by atoms with E-state index in [0.717, 1.165) is 87.3 Å². The minimum absolute atomic E-state index is 0.357. The van der Waals surface area contributed by atoms with Crippen LogP contribution in [0, 0.1) is 0 Å². The Morgan fingerprint density at radius 1 is 0.659 bits per heavy atom. The van der Waals surface area contributed by atoms with Crippen molar-refractivity contribution in [3.63, 3.8) is 0 Å². The van der Waals surface area contributed by atoms with Crippen molar-refractivity contribution in [2.45, 2.75) is 70.7 Å². The maximum atomic E-state index is 11.3. The average molecular weight is 595 g/mol. The molecule has 0 saturated carbocycles. The monoisotopic (exact) mass is 594 g/mol. The number of unbranched alkanes of at least 4 members (excludes halogenated alkanes) is 4. The van der Waals surface area contributed by atoms with Crippen LogP contribution in [0.2, 0.25) is 0 Å². The first-order valence-corrected chi connectivity index (χ1v) is 16.3. The van der Waals surface area contributed by atoms with Gasteiger partial charge in [-0.05, 0) is 73.0 Å². The Hall–Kier alpha value is -3.48. The highest BCUT2D eigenvalue weighted by Crippen LogP contribution is 2.25. The summed E-state index contributed by atoms with van der Waals surface area (Å²) in [7, 11) is 0. The van der Waals surface area contributed by atoms with Gasteiger partial charge < -0.3 is 20.3 Å². The van der Waals surface area contributed by atoms with Crippen LogP contribution < -0.4 is 10.5 Å². The van der Waals surface area contributed by atoms with Crippen LogP contribution in [0.3, 0.4) is 0 Å². The molecular formula is C39H50N2O3. The Morgan fingerprint density at radius 2 is 1.27 bits per heavy atom. The lowest BCUT2D eigenvalue weighted by Crippen LogP contribution is -2.29. The zero-order chi connectivity index (χ0) is 30.7. The Bertz CT molecular complexity index is 1300. The summed E-state index contributed by atoms with van der Waals surface area (Å²) < 4.78 is 11.9. The molecule has 0 aliphatic rings. The fraction of sp³-hybridized carbons (Fsp3) is 0.385. The van der Waals surface area contributed by atoms with E-state index in [-0.39, 0.29) is 0 Å². The van der Waals surface area contributed by atoms with Crippen LogP contribution in [0.1, 0.15) is 72.4 Å². The van der Waals surface area contributed by atoms with Crippen molar-refractivity contribution in [2.24, 2.45) is 5.73 Å². The third-order valence-electron chi connectivity index (χ3n) is 7.97. The zero-order valence-corrected chi connectivity index (χ0v) is 26.2. The quantitative estimate of drug-likeness (QED) is 0.0962. The molecular weight excluding hydrogens is 544 g/mol. The molecule has 0 aliphatic carbocycles. The van der Waals surface area contributed by atoms with Crippen LogP contribution in [0.15, 0.2) is 109 Å². The molecule has 5 nitrogen and oxygen atoms in total. The maximum absolute atomic E-state index is 11.3. The molecule has 5 heteroatoms. The number of nitrogens with zero attached hydrogens (tertiary/aromatic N) is 1. The number of aryl methyl sites for hydroxylation is 1. The van der Waals surface area contributed by atoms with E-state index in [1.165, 1.54) is 17.5 Å². The Labute approximate surface area is 264 Å². The average Bonchev–Trinajstić information content (AvgIpc) is 3.07. The van der Waals surface area contributed by atoms with Crippen molar-refractivity contribution in [1.29, 1.82) is 0 Å². The minimum Gasteiger partial charge on any atom is -0.489 e. The summed E-state index contributed by atoms with van der Waals surface area (Å²) in [6.45, 7) is 4.85. The molecule has 4 rings (SSSR count). The van der Waals surface area contributed by atoms with Gasteiger partial charge in [0.15, 0.2) is 0 Å². The standard InChI is InChI=1S/C39H50N2O3/c40-29-37-28-36(23-24-39(37)44-32-35-21-10-5-11-22-35)38(42)31-41(30-34-19-8-4-9-20-34)25-13-1-2-14-26-43-27-15-12-18-33-16-6-3-7-17-33/h3-11,16-17,19-24,28,38,42H,1-2,12-15,18,25-27,29-32,40H2. The van der Waals surface area contributed by atoms with Crippen LogP contribution >= 0.6 is 0 Å². The molecule has 0 aromatic heterocycles. The minimum atomic E-state index is -0.609. The van der Waals surface area contributed by atoms with Gasteiger partial charge in [-0.2, -0.15) is 0 Å². The first kappa shape index (κ1) is 33.4. The van der Waals surface area contributed by atoms with Crippen molar-refractivity contribution in [3.05, 3.63) is 137 Å². The van der Waals surface area contributed by atoms with E-state index in [9.17, 15) is 5.11 Å². The number of aliphatic hydroxyl groups excluding tert-OH is 1. The molecule has 0 aliphatic heterocycles. The highest BCUT2D eigenvalue weighted by molar-refractivity contribution is 5.38. The number of hydrogen-bond acceptors (Lipinski definition) is 5. The summed E-state index contributed by atoms with van der Waals surface area (Å²) in [4.78, 5) is 2.37. The fourth-order valence-electron chi connectivity index (χ4n) is 5.44. The number of rotatable bonds is 21. The van der Waals surface area contributed by atoms with Gasteiger partial charge in [-0.15, -0.1) is 0 Å². The van der Waals surface area contributed by atoms with Crippen molar-refractivity contribution in [1.82, 2.24) is 4.90 Å². The van der Waals surface area contributed by atoms with Gasteiger partial charge in [-0.1, -0.05) is 110 Å². The van der Waals surface area contributed by atoms with Crippen molar-refractivity contribution in [2.75, 3.05) is 26.3 Å². The lowest BCUT2D eigenvalue weighted by molar-refractivity contribution is 0.106. The summed E-state index contributed by atoms with van der Waals surface area (Å²) in [6.07, 6.45) is 7.31. The molecule has 4 aromatic rings. The summed E-state index contributed by atoms with van der Waals surface area (Å²) in [6, 6.07) is 37.2. The molecule has 44 heavy (non-hydrogen) atoms. The first-order chi connectivity index (χ1) is 21.7. The predicted octanol–water partition coefficient (Wildman–Crippen LogP) is 7.86. The van der Waals surface area contributed by atoms with Crippen LogP contribution in [0.5, 0.6) is 5.75 Å². The predicted molar refractivity (Wildman–Crippen MR) is 180 cm³/mol. The van der Waals surface area contributed by atoms with Gasteiger partial charge in [-0.3, -0.25) is 4.90 Å². The summed E-state index contributed by atoms with van der Waals surface area (Å²) in [5, 5.41) is 11.3. The molecule has 3 N–H and O–H groups in total. The Kier molecular flexibility index (Phi) is 15.0. The normalized spacial score (nSPS) is 12.0. The van der Waals surface area contributed by atoms with E-state index in [1.807, 2.05) is 54.6 Å². The number of hydrogen-bond donors (Lipinski definition) is 2. The third kappa shape index (κ3) is 12.3. The van der Waals surface area contributed by atoms with E-state index in [1.54, 1.807) is 0 Å². The molecule has 0 amide bonds. The van der Waals surface area contributed by atoms with Crippen molar-refractivity contribution >= 4 is 0 Å². The first-order valence-electron chi connectivity index (χ1n) is 16.3. The van der Waals surface area contributed by atoms with Crippen LogP contribution in [0.4, 0.5) is 0 Å². The Morgan fingerprint density at radius 3 is 1.95 bits per heavy atom. The lowest BCUT2D eigenvalue weighted by atomic mass is 10.0. The molecule has 4 aromatic carbocycles. The number of nitrogens with two attached hydrogens (primary N) is 1. The van der Waals surface area contributed by atoms with Crippen LogP contribution in [-0.4, -0.2) is 36.3 Å². The molecule has 1 unspecified atom stereocenters. The van der Waals surface area contributed by atoms with E-state index in [4.69, 9.17) is 15.2 Å². The van der Waals surface area contributed by atoms with Gasteiger partial charge >= 0.3 is 0 Å². The van der Waals surface area contributed by atoms with Gasteiger partial charge in [0.2, 0.25) is 0 Å². The summed E-state index contributed by atoms with van der Waals surface area (Å²) in [5.41, 5.74) is 11.6. The van der Waals surface area contributed by atoms with Crippen LogP contribution in [0.25, 0.3) is 0 Å². The Balaban J connectivity index is 1.19. The third-order valence-corrected chi connectivity index (χ3v) is 7.97. The molecule has 0 saturated heterocycles. The second-order valence-corrected chi connectivity index (χ2v) is 11.6. The lowest BCUT2D eigenvalue weighted by Gasteiger charge is -2.26. The highest BCUT2D eigenvalue weighted by Gasteiger charge is 2.16. The van der Waals surface area contributed by atoms with Gasteiger partial charge in [0, 0.05) is 38.4 Å². The molecule has 0 heterocycles. The summed E-state index contributed by atoms with van der Waals surface area (Å²) >= 11 is 0.